The Bertz CT molecular complexity index is 642. The maximum atomic E-state index is 12.2. The molecule has 1 fully saturated rings. The number of hydrogen-bond acceptors (Lipinski definition) is 3. The summed E-state index contributed by atoms with van der Waals surface area (Å²) in [7, 11) is 1.69. The lowest BCUT2D eigenvalue weighted by Gasteiger charge is -2.20. The minimum Gasteiger partial charge on any atom is -0.497 e. The van der Waals surface area contributed by atoms with Crippen molar-refractivity contribution in [1.29, 1.82) is 0 Å². The molecular weight excluding hydrogens is 352 g/mol. The molecule has 2 unspecified atom stereocenters. The summed E-state index contributed by atoms with van der Waals surface area (Å²) in [5, 5.41) is 6.82. The molecule has 2 rings (SSSR count). The Morgan fingerprint density at radius 2 is 2.00 bits per heavy atom. The zero-order chi connectivity index (χ0) is 20.5. The summed E-state index contributed by atoms with van der Waals surface area (Å²) < 4.78 is 5.22. The number of carbonyl (C=O) groups is 1. The molecule has 1 amide bonds. The van der Waals surface area contributed by atoms with Crippen molar-refractivity contribution in [2.24, 2.45) is 10.9 Å². The van der Waals surface area contributed by atoms with E-state index in [9.17, 15) is 4.79 Å². The van der Waals surface area contributed by atoms with Crippen LogP contribution in [-0.4, -0.2) is 56.1 Å². The lowest BCUT2D eigenvalue weighted by Crippen LogP contribution is -2.45. The van der Waals surface area contributed by atoms with Gasteiger partial charge in [0, 0.05) is 38.1 Å². The smallest absolute Gasteiger partial charge is 0.225 e. The van der Waals surface area contributed by atoms with Crippen LogP contribution in [-0.2, 0) is 4.79 Å². The predicted molar refractivity (Wildman–Crippen MR) is 115 cm³/mol. The Morgan fingerprint density at radius 1 is 1.29 bits per heavy atom. The SMILES string of the molecule is CCNC(=NCCC(C)c1ccc(OC)cc1)NC1CCN(C(=O)C(C)C)C1. The first-order chi connectivity index (χ1) is 13.4. The summed E-state index contributed by atoms with van der Waals surface area (Å²) in [5.74, 6) is 2.45. The van der Waals surface area contributed by atoms with Crippen LogP contribution in [0.2, 0.25) is 0 Å². The van der Waals surface area contributed by atoms with E-state index in [1.54, 1.807) is 7.11 Å². The molecule has 1 aromatic rings. The third kappa shape index (κ3) is 6.43. The number of methoxy groups -OCH3 is 1. The lowest BCUT2D eigenvalue weighted by atomic mass is 9.98. The van der Waals surface area contributed by atoms with Gasteiger partial charge in [0.15, 0.2) is 5.96 Å². The molecule has 0 saturated carbocycles. The van der Waals surface area contributed by atoms with E-state index in [1.807, 2.05) is 30.9 Å². The van der Waals surface area contributed by atoms with E-state index in [1.165, 1.54) is 5.56 Å². The normalized spacial score (nSPS) is 18.3. The molecule has 6 nitrogen and oxygen atoms in total. The molecule has 0 spiro atoms. The number of guanidine groups is 1. The monoisotopic (exact) mass is 388 g/mol. The minimum absolute atomic E-state index is 0.0556. The van der Waals surface area contributed by atoms with Crippen LogP contribution in [0.25, 0.3) is 0 Å². The van der Waals surface area contributed by atoms with Crippen molar-refractivity contribution in [3.8, 4) is 5.75 Å². The summed E-state index contributed by atoms with van der Waals surface area (Å²) in [6.07, 6.45) is 1.94. The van der Waals surface area contributed by atoms with Gasteiger partial charge in [-0.3, -0.25) is 9.79 Å². The molecule has 0 aromatic heterocycles. The molecule has 0 radical (unpaired) electrons. The zero-order valence-electron chi connectivity index (χ0n) is 18.0. The topological polar surface area (TPSA) is 66.0 Å². The van der Waals surface area contributed by atoms with E-state index >= 15 is 0 Å². The fraction of sp³-hybridized carbons (Fsp3) is 0.636. The van der Waals surface area contributed by atoms with Gasteiger partial charge in [0.25, 0.3) is 0 Å². The first-order valence-corrected chi connectivity index (χ1v) is 10.4. The first kappa shape index (κ1) is 22.1. The van der Waals surface area contributed by atoms with Gasteiger partial charge in [0.1, 0.15) is 5.75 Å². The standard InChI is InChI=1S/C22H36N4O2/c1-6-23-22(25-19-12-14-26(15-19)21(27)16(2)3)24-13-11-17(4)18-7-9-20(28-5)10-8-18/h7-10,16-17,19H,6,11-15H2,1-5H3,(H2,23,24,25). The molecule has 1 heterocycles. The fourth-order valence-corrected chi connectivity index (χ4v) is 3.43. The number of carbonyl (C=O) groups excluding carboxylic acids is 1. The van der Waals surface area contributed by atoms with Crippen LogP contribution in [0.1, 0.15) is 52.0 Å². The van der Waals surface area contributed by atoms with Crippen LogP contribution in [0.4, 0.5) is 0 Å². The van der Waals surface area contributed by atoms with E-state index in [0.29, 0.717) is 5.92 Å². The average Bonchev–Trinajstić information content (AvgIpc) is 3.15. The van der Waals surface area contributed by atoms with Crippen molar-refractivity contribution in [3.05, 3.63) is 29.8 Å². The molecule has 28 heavy (non-hydrogen) atoms. The molecule has 1 saturated heterocycles. The van der Waals surface area contributed by atoms with Crippen LogP contribution in [0.15, 0.2) is 29.3 Å². The van der Waals surface area contributed by atoms with Crippen LogP contribution < -0.4 is 15.4 Å². The highest BCUT2D eigenvalue weighted by Crippen LogP contribution is 2.21. The van der Waals surface area contributed by atoms with Crippen molar-refractivity contribution >= 4 is 11.9 Å². The van der Waals surface area contributed by atoms with Crippen LogP contribution in [0, 0.1) is 5.92 Å². The highest BCUT2D eigenvalue weighted by atomic mass is 16.5. The van der Waals surface area contributed by atoms with Gasteiger partial charge in [-0.1, -0.05) is 32.9 Å². The van der Waals surface area contributed by atoms with Gasteiger partial charge in [0.05, 0.1) is 7.11 Å². The summed E-state index contributed by atoms with van der Waals surface area (Å²) in [5.41, 5.74) is 1.30. The number of nitrogens with zero attached hydrogens (tertiary/aromatic N) is 2. The number of amides is 1. The molecule has 1 aromatic carbocycles. The predicted octanol–water partition coefficient (Wildman–Crippen LogP) is 3.00. The third-order valence-corrected chi connectivity index (χ3v) is 5.20. The van der Waals surface area contributed by atoms with Gasteiger partial charge in [-0.2, -0.15) is 0 Å². The van der Waals surface area contributed by atoms with E-state index < -0.39 is 0 Å². The first-order valence-electron chi connectivity index (χ1n) is 10.4. The Morgan fingerprint density at radius 3 is 2.61 bits per heavy atom. The van der Waals surface area contributed by atoms with Crippen LogP contribution in [0.3, 0.4) is 0 Å². The molecule has 6 heteroatoms. The molecular formula is C22H36N4O2. The number of rotatable bonds is 8. The van der Waals surface area contributed by atoms with E-state index in [-0.39, 0.29) is 17.9 Å². The average molecular weight is 389 g/mol. The zero-order valence-corrected chi connectivity index (χ0v) is 18.0. The third-order valence-electron chi connectivity index (χ3n) is 5.20. The molecule has 0 bridgehead atoms. The number of hydrogen-bond donors (Lipinski definition) is 2. The molecule has 0 aliphatic carbocycles. The molecule has 1 aliphatic heterocycles. The van der Waals surface area contributed by atoms with Gasteiger partial charge in [-0.25, -0.2) is 0 Å². The second-order valence-corrected chi connectivity index (χ2v) is 7.79. The quantitative estimate of drug-likeness (QED) is 0.531. The Kier molecular flexibility index (Phi) is 8.61. The van der Waals surface area contributed by atoms with E-state index in [0.717, 1.165) is 50.7 Å². The molecule has 156 valence electrons. The highest BCUT2D eigenvalue weighted by Gasteiger charge is 2.27. The van der Waals surface area contributed by atoms with E-state index in [2.05, 4.69) is 36.6 Å². The molecule has 2 N–H and O–H groups in total. The van der Waals surface area contributed by atoms with Gasteiger partial charge in [0.2, 0.25) is 5.91 Å². The summed E-state index contributed by atoms with van der Waals surface area (Å²) in [6, 6.07) is 8.51. The highest BCUT2D eigenvalue weighted by molar-refractivity contribution is 5.81. The van der Waals surface area contributed by atoms with Gasteiger partial charge in [-0.05, 0) is 43.4 Å². The van der Waals surface area contributed by atoms with Gasteiger partial charge < -0.3 is 20.3 Å². The lowest BCUT2D eigenvalue weighted by molar-refractivity contribution is -0.133. The Labute approximate surface area is 169 Å². The van der Waals surface area contributed by atoms with Gasteiger partial charge >= 0.3 is 0 Å². The minimum atomic E-state index is 0.0556. The second kappa shape index (κ2) is 10.9. The maximum Gasteiger partial charge on any atom is 0.225 e. The van der Waals surface area contributed by atoms with Crippen molar-refractivity contribution in [2.75, 3.05) is 33.3 Å². The van der Waals surface area contributed by atoms with E-state index in [4.69, 9.17) is 9.73 Å². The summed E-state index contributed by atoms with van der Waals surface area (Å²) in [4.78, 5) is 18.9. The largest absolute Gasteiger partial charge is 0.497 e. The second-order valence-electron chi connectivity index (χ2n) is 7.79. The van der Waals surface area contributed by atoms with Crippen LogP contribution >= 0.6 is 0 Å². The fourth-order valence-electron chi connectivity index (χ4n) is 3.43. The number of benzene rings is 1. The maximum absolute atomic E-state index is 12.2. The van der Waals surface area contributed by atoms with Crippen molar-refractivity contribution in [3.63, 3.8) is 0 Å². The van der Waals surface area contributed by atoms with Crippen LogP contribution in [0.5, 0.6) is 5.75 Å². The summed E-state index contributed by atoms with van der Waals surface area (Å²) >= 11 is 0. The van der Waals surface area contributed by atoms with Crippen molar-refractivity contribution < 1.29 is 9.53 Å². The van der Waals surface area contributed by atoms with Gasteiger partial charge in [-0.15, -0.1) is 0 Å². The number of likely N-dealkylation sites (tertiary alicyclic amines) is 1. The van der Waals surface area contributed by atoms with Crippen molar-refractivity contribution in [1.82, 2.24) is 15.5 Å². The number of nitrogens with one attached hydrogen (secondary N) is 2. The Balaban J connectivity index is 1.85. The molecule has 1 aliphatic rings. The Hall–Kier alpha value is -2.24. The number of aliphatic imine (C=N–C) groups is 1. The van der Waals surface area contributed by atoms with Crippen molar-refractivity contribution in [2.45, 2.75) is 52.5 Å². The molecule has 2 atom stereocenters. The number of ether oxygens (including phenoxy) is 1. The summed E-state index contributed by atoms with van der Waals surface area (Å²) in [6.45, 7) is 11.4.